The van der Waals surface area contributed by atoms with Crippen molar-refractivity contribution in [2.45, 2.75) is 12.5 Å². The summed E-state index contributed by atoms with van der Waals surface area (Å²) in [5.74, 6) is -2.09. The van der Waals surface area contributed by atoms with Gasteiger partial charge >= 0.3 is 18.0 Å². The molecule has 2 amide bonds. The molecular weight excluding hydrogens is 367 g/mol. The second kappa shape index (κ2) is 7.84. The number of nitrogens with one attached hydrogen (secondary N) is 2. The molecule has 1 atom stereocenters. The number of esters is 1. The number of hydrogen-bond donors (Lipinski definition) is 3. The van der Waals surface area contributed by atoms with Gasteiger partial charge in [0.1, 0.15) is 6.04 Å². The molecule has 0 unspecified atom stereocenters. The maximum Gasteiger partial charge on any atom is 0.326 e. The Morgan fingerprint density at radius 2 is 2.10 bits per heavy atom. The summed E-state index contributed by atoms with van der Waals surface area (Å²) in [6.45, 7) is 0. The Morgan fingerprint density at radius 3 is 2.67 bits per heavy atom. The van der Waals surface area contributed by atoms with Crippen LogP contribution in [0, 0.1) is 0 Å². The molecule has 0 aliphatic rings. The van der Waals surface area contributed by atoms with E-state index in [0.717, 1.165) is 7.11 Å². The fourth-order valence-electron chi connectivity index (χ4n) is 1.37. The van der Waals surface area contributed by atoms with E-state index >= 15 is 0 Å². The molecular formula is C12H12BrClN2O5. The normalized spacial score (nSPS) is 11.4. The van der Waals surface area contributed by atoms with Crippen LogP contribution in [0.4, 0.5) is 10.5 Å². The van der Waals surface area contributed by atoms with Crippen LogP contribution in [0.3, 0.4) is 0 Å². The Labute approximate surface area is 133 Å². The summed E-state index contributed by atoms with van der Waals surface area (Å²) in [5.41, 5.74) is 0.363. The number of benzene rings is 1. The number of methoxy groups -OCH3 is 1. The molecule has 1 rings (SSSR count). The predicted octanol–water partition coefficient (Wildman–Crippen LogP) is 2.24. The molecule has 9 heteroatoms. The largest absolute Gasteiger partial charge is 0.480 e. The first kappa shape index (κ1) is 17.3. The van der Waals surface area contributed by atoms with Crippen molar-refractivity contribution in [1.29, 1.82) is 0 Å². The third-order valence-electron chi connectivity index (χ3n) is 2.40. The zero-order valence-electron chi connectivity index (χ0n) is 10.9. The van der Waals surface area contributed by atoms with Crippen LogP contribution in [0.5, 0.6) is 0 Å². The van der Waals surface area contributed by atoms with Crippen LogP contribution in [0.1, 0.15) is 6.42 Å². The van der Waals surface area contributed by atoms with Crippen LogP contribution in [0.25, 0.3) is 0 Å². The SMILES string of the molecule is COC(=O)C[C@H](NC(=O)Nc1cccc(Cl)c1Br)C(=O)O. The third-order valence-corrected chi connectivity index (χ3v) is 3.80. The van der Waals surface area contributed by atoms with Crippen LogP contribution in [-0.4, -0.2) is 36.2 Å². The molecule has 21 heavy (non-hydrogen) atoms. The van der Waals surface area contributed by atoms with Crippen molar-refractivity contribution in [3.63, 3.8) is 0 Å². The van der Waals surface area contributed by atoms with Gasteiger partial charge in [0.2, 0.25) is 0 Å². The topological polar surface area (TPSA) is 105 Å². The summed E-state index contributed by atoms with van der Waals surface area (Å²) in [6.07, 6.45) is -0.476. The molecule has 0 spiro atoms. The minimum Gasteiger partial charge on any atom is -0.480 e. The van der Waals surface area contributed by atoms with Gasteiger partial charge in [-0.1, -0.05) is 17.7 Å². The quantitative estimate of drug-likeness (QED) is 0.681. The maximum absolute atomic E-state index is 11.8. The molecule has 0 heterocycles. The monoisotopic (exact) mass is 378 g/mol. The van der Waals surface area contributed by atoms with E-state index in [1.807, 2.05) is 0 Å². The van der Waals surface area contributed by atoms with Crippen molar-refractivity contribution < 1.29 is 24.2 Å². The molecule has 0 bridgehead atoms. The number of anilines is 1. The Hall–Kier alpha value is -1.80. The molecule has 0 radical (unpaired) electrons. The van der Waals surface area contributed by atoms with Crippen LogP contribution >= 0.6 is 27.5 Å². The highest BCUT2D eigenvalue weighted by atomic mass is 79.9. The number of carbonyl (C=O) groups is 3. The van der Waals surface area contributed by atoms with Gasteiger partial charge in [-0.05, 0) is 28.1 Å². The lowest BCUT2D eigenvalue weighted by Crippen LogP contribution is -2.44. The highest BCUT2D eigenvalue weighted by Crippen LogP contribution is 2.29. The van der Waals surface area contributed by atoms with Crippen LogP contribution in [0.15, 0.2) is 22.7 Å². The second-order valence-electron chi connectivity index (χ2n) is 3.87. The molecule has 0 saturated heterocycles. The highest BCUT2D eigenvalue weighted by Gasteiger charge is 2.24. The minimum atomic E-state index is -1.39. The van der Waals surface area contributed by atoms with Crippen molar-refractivity contribution in [3.8, 4) is 0 Å². The van der Waals surface area contributed by atoms with Crippen molar-refractivity contribution in [2.24, 2.45) is 0 Å². The van der Waals surface area contributed by atoms with Crippen molar-refractivity contribution in [1.82, 2.24) is 5.32 Å². The second-order valence-corrected chi connectivity index (χ2v) is 5.07. The van der Waals surface area contributed by atoms with Gasteiger partial charge < -0.3 is 20.5 Å². The number of carbonyl (C=O) groups excluding carboxylic acids is 2. The van der Waals surface area contributed by atoms with Crippen molar-refractivity contribution in [2.75, 3.05) is 12.4 Å². The number of amides is 2. The standard InChI is InChI=1S/C12H12BrClN2O5/c1-21-9(17)5-8(11(18)19)16-12(20)15-7-4-2-3-6(14)10(7)13/h2-4,8H,5H2,1H3,(H,18,19)(H2,15,16,20)/t8-/m0/s1. The molecule has 3 N–H and O–H groups in total. The first-order chi connectivity index (χ1) is 9.85. The summed E-state index contributed by atoms with van der Waals surface area (Å²) in [4.78, 5) is 33.8. The summed E-state index contributed by atoms with van der Waals surface area (Å²) in [6, 6.07) is 2.63. The van der Waals surface area contributed by atoms with Gasteiger partial charge in [0.05, 0.1) is 28.7 Å². The van der Waals surface area contributed by atoms with E-state index in [4.69, 9.17) is 16.7 Å². The average molecular weight is 380 g/mol. The fourth-order valence-corrected chi connectivity index (χ4v) is 1.91. The van der Waals surface area contributed by atoms with Gasteiger partial charge in [-0.15, -0.1) is 0 Å². The molecule has 7 nitrogen and oxygen atoms in total. The van der Waals surface area contributed by atoms with Crippen molar-refractivity contribution in [3.05, 3.63) is 27.7 Å². The van der Waals surface area contributed by atoms with E-state index in [9.17, 15) is 14.4 Å². The van der Waals surface area contributed by atoms with Gasteiger partial charge in [-0.2, -0.15) is 0 Å². The predicted molar refractivity (Wildman–Crippen MR) is 79.4 cm³/mol. The fraction of sp³-hybridized carbons (Fsp3) is 0.250. The van der Waals surface area contributed by atoms with Gasteiger partial charge in [-0.25, -0.2) is 9.59 Å². The molecule has 1 aromatic rings. The van der Waals surface area contributed by atoms with Gasteiger partial charge in [0.15, 0.2) is 0 Å². The summed E-state index contributed by atoms with van der Waals surface area (Å²) < 4.78 is 4.83. The molecule has 0 saturated carbocycles. The van der Waals surface area contributed by atoms with E-state index in [2.05, 4.69) is 31.3 Å². The molecule has 114 valence electrons. The number of ether oxygens (including phenoxy) is 1. The Kier molecular flexibility index (Phi) is 6.44. The first-order valence-corrected chi connectivity index (χ1v) is 6.83. The number of rotatable bonds is 5. The smallest absolute Gasteiger partial charge is 0.326 e. The number of urea groups is 1. The summed E-state index contributed by atoms with van der Waals surface area (Å²) >= 11 is 9.06. The molecule has 1 aromatic carbocycles. The number of carboxylic acids is 1. The number of carboxylic acid groups (broad SMARTS) is 1. The number of aliphatic carboxylic acids is 1. The van der Waals surface area contributed by atoms with E-state index < -0.39 is 30.4 Å². The first-order valence-electron chi connectivity index (χ1n) is 5.66. The molecule has 0 fully saturated rings. The number of hydrogen-bond acceptors (Lipinski definition) is 4. The van der Waals surface area contributed by atoms with Crippen LogP contribution < -0.4 is 10.6 Å². The summed E-state index contributed by atoms with van der Waals surface area (Å²) in [5, 5.41) is 13.9. The Bertz CT molecular complexity index is 567. The van der Waals surface area contributed by atoms with Crippen LogP contribution in [0.2, 0.25) is 5.02 Å². The number of halogens is 2. The third kappa shape index (κ3) is 5.24. The average Bonchev–Trinajstić information content (AvgIpc) is 2.42. The van der Waals surface area contributed by atoms with Gasteiger partial charge in [-0.3, -0.25) is 4.79 Å². The minimum absolute atomic E-state index is 0.363. The van der Waals surface area contributed by atoms with E-state index in [0.29, 0.717) is 15.2 Å². The zero-order valence-corrected chi connectivity index (χ0v) is 13.2. The summed E-state index contributed by atoms with van der Waals surface area (Å²) in [7, 11) is 1.13. The lowest BCUT2D eigenvalue weighted by molar-refractivity contribution is -0.147. The lowest BCUT2D eigenvalue weighted by Gasteiger charge is -2.15. The highest BCUT2D eigenvalue weighted by molar-refractivity contribution is 9.10. The maximum atomic E-state index is 11.8. The van der Waals surface area contributed by atoms with E-state index in [-0.39, 0.29) is 0 Å². The van der Waals surface area contributed by atoms with Crippen LogP contribution in [-0.2, 0) is 14.3 Å². The van der Waals surface area contributed by atoms with E-state index in [1.165, 1.54) is 0 Å². The zero-order chi connectivity index (χ0) is 16.0. The van der Waals surface area contributed by atoms with Gasteiger partial charge in [0.25, 0.3) is 0 Å². The van der Waals surface area contributed by atoms with E-state index in [1.54, 1.807) is 18.2 Å². The Morgan fingerprint density at radius 1 is 1.43 bits per heavy atom. The molecule has 0 aromatic heterocycles. The lowest BCUT2D eigenvalue weighted by atomic mass is 10.2. The Balaban J connectivity index is 2.72. The molecule has 0 aliphatic carbocycles. The molecule has 0 aliphatic heterocycles. The van der Waals surface area contributed by atoms with Crippen molar-refractivity contribution >= 4 is 51.2 Å². The van der Waals surface area contributed by atoms with Gasteiger partial charge in [0, 0.05) is 0 Å².